The van der Waals surface area contributed by atoms with Crippen molar-refractivity contribution in [3.05, 3.63) is 59.7 Å². The Balaban J connectivity index is 1.50. The molecule has 3 atom stereocenters. The summed E-state index contributed by atoms with van der Waals surface area (Å²) in [7, 11) is -0.178. The molecular weight excluding hydrogens is 458 g/mol. The molecule has 0 saturated heterocycles. The second kappa shape index (κ2) is 12.2. The molecule has 0 bridgehead atoms. The third kappa shape index (κ3) is 5.75. The second-order valence-electron chi connectivity index (χ2n) is 11.9. The van der Waals surface area contributed by atoms with Gasteiger partial charge in [-0.05, 0) is 111 Å². The normalized spacial score (nSPS) is 25.4. The van der Waals surface area contributed by atoms with Crippen LogP contribution < -0.4 is 10.6 Å². The third-order valence-corrected chi connectivity index (χ3v) is 17.0. The standard InChI is InChI=1S/C33H48P2/c1-25-15-10-12-22-31(25)34(32-23-13-11-16-26(32)2)27(3)30-21-14-24-33(30)35(28-17-6-4-7-18-28)29-19-8-5-9-20-29/h10-13,15-16,22-23,27-30,33H,4-9,14,17-21,24H2,1-3H3. The van der Waals surface area contributed by atoms with Crippen LogP contribution in [-0.4, -0.2) is 22.6 Å². The van der Waals surface area contributed by atoms with E-state index in [1.165, 1.54) is 62.5 Å². The van der Waals surface area contributed by atoms with Crippen molar-refractivity contribution in [3.63, 3.8) is 0 Å². The van der Waals surface area contributed by atoms with Gasteiger partial charge in [0.2, 0.25) is 0 Å². The monoisotopic (exact) mass is 506 g/mol. The number of rotatable bonds is 7. The molecule has 0 aliphatic heterocycles. The first-order valence-electron chi connectivity index (χ1n) is 14.8. The minimum absolute atomic E-state index is 0.163. The summed E-state index contributed by atoms with van der Waals surface area (Å²) in [6, 6.07) is 18.7. The molecule has 3 fully saturated rings. The molecule has 2 aromatic carbocycles. The van der Waals surface area contributed by atoms with E-state index < -0.39 is 0 Å². The van der Waals surface area contributed by atoms with E-state index in [4.69, 9.17) is 0 Å². The van der Waals surface area contributed by atoms with Crippen molar-refractivity contribution in [2.75, 3.05) is 0 Å². The topological polar surface area (TPSA) is 0 Å². The average Bonchev–Trinajstić information content (AvgIpc) is 3.37. The van der Waals surface area contributed by atoms with Crippen LogP contribution in [0.25, 0.3) is 0 Å². The van der Waals surface area contributed by atoms with E-state index >= 15 is 0 Å². The molecule has 0 nitrogen and oxygen atoms in total. The number of hydrogen-bond donors (Lipinski definition) is 0. The van der Waals surface area contributed by atoms with Crippen LogP contribution in [-0.2, 0) is 0 Å². The zero-order chi connectivity index (χ0) is 24.2. The lowest BCUT2D eigenvalue weighted by molar-refractivity contribution is 0.469. The fraction of sp³-hybridized carbons (Fsp3) is 0.636. The van der Waals surface area contributed by atoms with Crippen LogP contribution in [0.4, 0.5) is 0 Å². The van der Waals surface area contributed by atoms with Gasteiger partial charge in [0.1, 0.15) is 0 Å². The highest BCUT2D eigenvalue weighted by Gasteiger charge is 2.45. The highest BCUT2D eigenvalue weighted by molar-refractivity contribution is 7.73. The zero-order valence-electron chi connectivity index (χ0n) is 22.6. The molecule has 2 heteroatoms. The Hall–Kier alpha value is -0.700. The van der Waals surface area contributed by atoms with Crippen molar-refractivity contribution < 1.29 is 0 Å². The number of aryl methyl sites for hydroxylation is 2. The zero-order valence-corrected chi connectivity index (χ0v) is 24.4. The molecule has 3 saturated carbocycles. The molecule has 3 unspecified atom stereocenters. The van der Waals surface area contributed by atoms with E-state index in [1.54, 1.807) is 42.7 Å². The van der Waals surface area contributed by atoms with Gasteiger partial charge >= 0.3 is 0 Å². The van der Waals surface area contributed by atoms with Gasteiger partial charge in [-0.1, -0.05) is 108 Å². The van der Waals surface area contributed by atoms with Crippen molar-refractivity contribution >= 4 is 26.5 Å². The Labute approximate surface area is 218 Å². The van der Waals surface area contributed by atoms with E-state index in [1.807, 2.05) is 0 Å². The van der Waals surface area contributed by atoms with Crippen molar-refractivity contribution in [2.45, 2.75) is 127 Å². The van der Waals surface area contributed by atoms with Gasteiger partial charge in [0.15, 0.2) is 0 Å². The van der Waals surface area contributed by atoms with Gasteiger partial charge in [-0.15, -0.1) is 0 Å². The van der Waals surface area contributed by atoms with Crippen LogP contribution in [0.5, 0.6) is 0 Å². The SMILES string of the molecule is Cc1ccccc1P(c1ccccc1C)C(C)C1CCCC1P(C1CCCCC1)C1CCCCC1. The van der Waals surface area contributed by atoms with Gasteiger partial charge in [-0.2, -0.15) is 0 Å². The van der Waals surface area contributed by atoms with Gasteiger partial charge < -0.3 is 0 Å². The lowest BCUT2D eigenvalue weighted by Crippen LogP contribution is -2.35. The lowest BCUT2D eigenvalue weighted by atomic mass is 9.99. The van der Waals surface area contributed by atoms with Gasteiger partial charge in [-0.25, -0.2) is 0 Å². The average molecular weight is 507 g/mol. The molecular formula is C33H48P2. The van der Waals surface area contributed by atoms with Gasteiger partial charge in [0.25, 0.3) is 0 Å². The van der Waals surface area contributed by atoms with Crippen molar-refractivity contribution in [2.24, 2.45) is 5.92 Å². The maximum absolute atomic E-state index is 2.68. The molecule has 0 aromatic heterocycles. The molecule has 0 heterocycles. The van der Waals surface area contributed by atoms with Crippen LogP contribution in [0.15, 0.2) is 48.5 Å². The Morgan fingerprint density at radius 2 is 1.09 bits per heavy atom. The molecule has 2 aromatic rings. The molecule has 0 N–H and O–H groups in total. The summed E-state index contributed by atoms with van der Waals surface area (Å²) in [5, 5.41) is 3.30. The molecule has 5 rings (SSSR count). The van der Waals surface area contributed by atoms with Crippen molar-refractivity contribution in [1.29, 1.82) is 0 Å². The maximum Gasteiger partial charge on any atom is -0.0123 e. The van der Waals surface area contributed by atoms with Crippen LogP contribution in [0.1, 0.15) is 102 Å². The summed E-state index contributed by atoms with van der Waals surface area (Å²) in [5.41, 5.74) is 6.99. The predicted octanol–water partition coefficient (Wildman–Crippen LogP) is 9.44. The van der Waals surface area contributed by atoms with Gasteiger partial charge in [0, 0.05) is 0 Å². The lowest BCUT2D eigenvalue weighted by Gasteiger charge is -2.46. The summed E-state index contributed by atoms with van der Waals surface area (Å²) in [4.78, 5) is 0. The summed E-state index contributed by atoms with van der Waals surface area (Å²) < 4.78 is 0. The quantitative estimate of drug-likeness (QED) is 0.328. The molecule has 35 heavy (non-hydrogen) atoms. The minimum Gasteiger partial charge on any atom is -0.0968 e. The van der Waals surface area contributed by atoms with E-state index in [0.29, 0.717) is 0 Å². The van der Waals surface area contributed by atoms with E-state index in [2.05, 4.69) is 69.3 Å². The van der Waals surface area contributed by atoms with Crippen LogP contribution in [0.3, 0.4) is 0 Å². The Morgan fingerprint density at radius 1 is 0.600 bits per heavy atom. The fourth-order valence-corrected chi connectivity index (χ4v) is 16.3. The first kappa shape index (κ1) is 25.9. The Morgan fingerprint density at radius 3 is 1.57 bits per heavy atom. The Bertz CT molecular complexity index is 876. The molecule has 0 amide bonds. The molecule has 0 radical (unpaired) electrons. The minimum atomic E-state index is -0.341. The highest BCUT2D eigenvalue weighted by atomic mass is 31.1. The maximum atomic E-state index is 2.68. The summed E-state index contributed by atoms with van der Waals surface area (Å²) in [6.07, 6.45) is 19.8. The molecule has 0 spiro atoms. The first-order chi connectivity index (χ1) is 17.1. The Kier molecular flexibility index (Phi) is 9.06. The molecule has 190 valence electrons. The van der Waals surface area contributed by atoms with Crippen molar-refractivity contribution in [1.82, 2.24) is 0 Å². The smallest absolute Gasteiger partial charge is 0.0123 e. The van der Waals surface area contributed by atoms with Crippen molar-refractivity contribution in [3.8, 4) is 0 Å². The highest BCUT2D eigenvalue weighted by Crippen LogP contribution is 2.65. The van der Waals surface area contributed by atoms with Crippen LogP contribution in [0, 0.1) is 19.8 Å². The van der Waals surface area contributed by atoms with E-state index in [0.717, 1.165) is 28.6 Å². The summed E-state index contributed by atoms with van der Waals surface area (Å²) in [5.74, 6) is 0.926. The fourth-order valence-electron chi connectivity index (χ4n) is 7.93. The first-order valence-corrected chi connectivity index (χ1v) is 17.8. The van der Waals surface area contributed by atoms with Gasteiger partial charge in [0.05, 0.1) is 0 Å². The largest absolute Gasteiger partial charge is 0.0968 e. The molecule has 3 aliphatic rings. The molecule has 3 aliphatic carbocycles. The summed E-state index contributed by atoms with van der Waals surface area (Å²) in [6.45, 7) is 7.40. The van der Waals surface area contributed by atoms with Crippen LogP contribution in [0.2, 0.25) is 0 Å². The second-order valence-corrected chi connectivity index (χ2v) is 17.4. The number of benzene rings is 2. The van der Waals surface area contributed by atoms with E-state index in [9.17, 15) is 0 Å². The number of hydrogen-bond acceptors (Lipinski definition) is 0. The summed E-state index contributed by atoms with van der Waals surface area (Å²) >= 11 is 0. The van der Waals surface area contributed by atoms with E-state index in [-0.39, 0.29) is 15.8 Å². The van der Waals surface area contributed by atoms with Gasteiger partial charge in [-0.3, -0.25) is 0 Å². The predicted molar refractivity (Wildman–Crippen MR) is 160 cm³/mol. The third-order valence-electron chi connectivity index (χ3n) is 9.68. The van der Waals surface area contributed by atoms with Crippen LogP contribution >= 0.6 is 15.8 Å².